The number of para-hydroxylation sites is 1. The third kappa shape index (κ3) is 3.90. The average molecular weight is 331 g/mol. The number of rotatable bonds is 5. The predicted molar refractivity (Wildman–Crippen MR) is 87.7 cm³/mol. The number of nitrogens with zero attached hydrogens (tertiary/aromatic N) is 1. The Morgan fingerprint density at radius 1 is 1.12 bits per heavy atom. The fraction of sp³-hybridized carbons (Fsp3) is 0.222. The van der Waals surface area contributed by atoms with Crippen molar-refractivity contribution >= 4 is 17.6 Å². The summed E-state index contributed by atoms with van der Waals surface area (Å²) in [4.78, 5) is 25.8. The Morgan fingerprint density at radius 2 is 1.79 bits per heavy atom. The van der Waals surface area contributed by atoms with E-state index in [2.05, 4.69) is 0 Å². The number of carbonyl (C=O) groups is 2. The minimum absolute atomic E-state index is 0.252. The zero-order valence-electron chi connectivity index (χ0n) is 13.7. The van der Waals surface area contributed by atoms with Gasteiger partial charge in [-0.3, -0.25) is 4.79 Å². The Kier molecular flexibility index (Phi) is 5.52. The van der Waals surface area contributed by atoms with Crippen molar-refractivity contribution in [1.29, 1.82) is 0 Å². The van der Waals surface area contributed by atoms with Gasteiger partial charge >= 0.3 is 5.97 Å². The van der Waals surface area contributed by atoms with E-state index in [9.17, 15) is 14.0 Å². The van der Waals surface area contributed by atoms with Crippen LogP contribution in [0.1, 0.15) is 17.3 Å². The lowest BCUT2D eigenvalue weighted by Gasteiger charge is -2.21. The van der Waals surface area contributed by atoms with Gasteiger partial charge in [-0.1, -0.05) is 18.2 Å². The summed E-state index contributed by atoms with van der Waals surface area (Å²) < 4.78 is 23.8. The van der Waals surface area contributed by atoms with E-state index in [0.717, 1.165) is 6.07 Å². The number of anilines is 1. The van der Waals surface area contributed by atoms with Gasteiger partial charge in [0.25, 0.3) is 5.91 Å². The second-order valence-corrected chi connectivity index (χ2v) is 5.13. The number of hydrogen-bond acceptors (Lipinski definition) is 4. The molecule has 24 heavy (non-hydrogen) atoms. The highest BCUT2D eigenvalue weighted by molar-refractivity contribution is 5.98. The highest BCUT2D eigenvalue weighted by Crippen LogP contribution is 2.18. The molecule has 1 amide bonds. The fourth-order valence-corrected chi connectivity index (χ4v) is 2.11. The number of carbonyl (C=O) groups excluding carboxylic acids is 2. The van der Waals surface area contributed by atoms with E-state index < -0.39 is 23.8 Å². The van der Waals surface area contributed by atoms with Crippen molar-refractivity contribution in [3.05, 3.63) is 59.9 Å². The van der Waals surface area contributed by atoms with Gasteiger partial charge in [0.15, 0.2) is 6.10 Å². The number of likely N-dealkylation sites (N-methyl/N-ethyl adjacent to an activating group) is 1. The lowest BCUT2D eigenvalue weighted by molar-refractivity contribution is -0.126. The SMILES string of the molecule is COc1ccc(C(=O)OC(C)C(=O)N(C)c2ccccc2)c(F)c1. The normalized spacial score (nSPS) is 11.5. The molecule has 126 valence electrons. The van der Waals surface area contributed by atoms with Crippen LogP contribution in [0.4, 0.5) is 10.1 Å². The largest absolute Gasteiger partial charge is 0.497 e. The molecular formula is C18H18FNO4. The van der Waals surface area contributed by atoms with Gasteiger partial charge in [-0.2, -0.15) is 0 Å². The van der Waals surface area contributed by atoms with Crippen LogP contribution in [0.3, 0.4) is 0 Å². The Morgan fingerprint density at radius 3 is 2.38 bits per heavy atom. The van der Waals surface area contributed by atoms with E-state index >= 15 is 0 Å². The van der Waals surface area contributed by atoms with Gasteiger partial charge in [0.1, 0.15) is 11.6 Å². The van der Waals surface area contributed by atoms with Gasteiger partial charge in [-0.15, -0.1) is 0 Å². The summed E-state index contributed by atoms with van der Waals surface area (Å²) in [5.74, 6) is -1.80. The summed E-state index contributed by atoms with van der Waals surface area (Å²) in [6.07, 6.45) is -1.05. The molecule has 1 unspecified atom stereocenters. The van der Waals surface area contributed by atoms with Crippen molar-refractivity contribution in [3.8, 4) is 5.75 Å². The van der Waals surface area contributed by atoms with Crippen molar-refractivity contribution in [2.75, 3.05) is 19.1 Å². The molecule has 0 aromatic heterocycles. The van der Waals surface area contributed by atoms with Crippen molar-refractivity contribution in [1.82, 2.24) is 0 Å². The minimum Gasteiger partial charge on any atom is -0.497 e. The van der Waals surface area contributed by atoms with Crippen LogP contribution >= 0.6 is 0 Å². The van der Waals surface area contributed by atoms with Crippen LogP contribution in [-0.2, 0) is 9.53 Å². The highest BCUT2D eigenvalue weighted by Gasteiger charge is 2.24. The smallest absolute Gasteiger partial charge is 0.341 e. The molecule has 2 aromatic carbocycles. The molecule has 6 heteroatoms. The molecule has 0 aliphatic heterocycles. The first-order valence-corrected chi connectivity index (χ1v) is 7.31. The molecule has 0 fully saturated rings. The summed E-state index contributed by atoms with van der Waals surface area (Å²) in [6.45, 7) is 1.45. The van der Waals surface area contributed by atoms with Crippen LogP contribution in [0.15, 0.2) is 48.5 Å². The van der Waals surface area contributed by atoms with E-state index in [0.29, 0.717) is 5.69 Å². The first-order chi connectivity index (χ1) is 11.4. The lowest BCUT2D eigenvalue weighted by Crippen LogP contribution is -2.37. The van der Waals surface area contributed by atoms with Crippen LogP contribution in [0.5, 0.6) is 5.75 Å². The van der Waals surface area contributed by atoms with E-state index in [1.807, 2.05) is 6.07 Å². The summed E-state index contributed by atoms with van der Waals surface area (Å²) >= 11 is 0. The molecule has 0 N–H and O–H groups in total. The van der Waals surface area contributed by atoms with Gasteiger partial charge in [-0.05, 0) is 31.2 Å². The molecule has 0 radical (unpaired) electrons. The van der Waals surface area contributed by atoms with Gasteiger partial charge < -0.3 is 14.4 Å². The third-order valence-electron chi connectivity index (χ3n) is 3.50. The minimum atomic E-state index is -1.05. The molecule has 0 aliphatic rings. The van der Waals surface area contributed by atoms with Crippen LogP contribution in [0.2, 0.25) is 0 Å². The maximum atomic E-state index is 13.9. The topological polar surface area (TPSA) is 55.8 Å². The summed E-state index contributed by atoms with van der Waals surface area (Å²) in [5.41, 5.74) is 0.416. The van der Waals surface area contributed by atoms with Crippen molar-refractivity contribution < 1.29 is 23.5 Å². The second kappa shape index (κ2) is 7.59. The molecule has 2 aromatic rings. The van der Waals surface area contributed by atoms with E-state index in [1.54, 1.807) is 31.3 Å². The quantitative estimate of drug-likeness (QED) is 0.790. The van der Waals surface area contributed by atoms with Crippen LogP contribution in [-0.4, -0.2) is 32.1 Å². The van der Waals surface area contributed by atoms with Crippen LogP contribution < -0.4 is 9.64 Å². The molecule has 0 saturated carbocycles. The number of halogens is 1. The number of benzene rings is 2. The molecular weight excluding hydrogens is 313 g/mol. The number of ether oxygens (including phenoxy) is 2. The van der Waals surface area contributed by atoms with E-state index in [4.69, 9.17) is 9.47 Å². The molecule has 0 spiro atoms. The number of amides is 1. The van der Waals surface area contributed by atoms with Crippen LogP contribution in [0.25, 0.3) is 0 Å². The Balaban J connectivity index is 2.07. The van der Waals surface area contributed by atoms with Crippen molar-refractivity contribution in [2.45, 2.75) is 13.0 Å². The molecule has 0 aliphatic carbocycles. The summed E-state index contributed by atoms with van der Waals surface area (Å²) in [7, 11) is 2.98. The lowest BCUT2D eigenvalue weighted by atomic mass is 10.2. The second-order valence-electron chi connectivity index (χ2n) is 5.13. The summed E-state index contributed by atoms with van der Waals surface area (Å²) in [5, 5.41) is 0. The Bertz CT molecular complexity index is 733. The predicted octanol–water partition coefficient (Wildman–Crippen LogP) is 3.04. The third-order valence-corrected chi connectivity index (χ3v) is 3.50. The van der Waals surface area contributed by atoms with Gasteiger partial charge in [0.05, 0.1) is 12.7 Å². The first-order valence-electron chi connectivity index (χ1n) is 7.31. The van der Waals surface area contributed by atoms with E-state index in [-0.39, 0.29) is 11.3 Å². The average Bonchev–Trinajstić information content (AvgIpc) is 2.60. The maximum Gasteiger partial charge on any atom is 0.341 e. The Hall–Kier alpha value is -2.89. The molecule has 0 bridgehead atoms. The van der Waals surface area contributed by atoms with Gasteiger partial charge in [-0.25, -0.2) is 9.18 Å². The first kappa shape index (κ1) is 17.5. The monoisotopic (exact) mass is 331 g/mol. The number of hydrogen-bond donors (Lipinski definition) is 0. The zero-order chi connectivity index (χ0) is 17.7. The van der Waals surface area contributed by atoms with Gasteiger partial charge in [0, 0.05) is 18.8 Å². The molecule has 2 rings (SSSR count). The molecule has 5 nitrogen and oxygen atoms in total. The van der Waals surface area contributed by atoms with Crippen molar-refractivity contribution in [2.24, 2.45) is 0 Å². The summed E-state index contributed by atoms with van der Waals surface area (Å²) in [6, 6.07) is 12.7. The maximum absolute atomic E-state index is 13.9. The Labute approximate surface area is 139 Å². The van der Waals surface area contributed by atoms with Crippen LogP contribution in [0, 0.1) is 5.82 Å². The zero-order valence-corrected chi connectivity index (χ0v) is 13.7. The van der Waals surface area contributed by atoms with E-state index in [1.165, 1.54) is 31.1 Å². The molecule has 0 saturated heterocycles. The molecule has 1 atom stereocenters. The fourth-order valence-electron chi connectivity index (χ4n) is 2.11. The van der Waals surface area contributed by atoms with Crippen molar-refractivity contribution in [3.63, 3.8) is 0 Å². The highest BCUT2D eigenvalue weighted by atomic mass is 19.1. The van der Waals surface area contributed by atoms with Gasteiger partial charge in [0.2, 0.25) is 0 Å². The molecule has 0 heterocycles. The number of esters is 1. The standard InChI is InChI=1S/C18H18FNO4/c1-12(17(21)20(2)13-7-5-4-6-8-13)24-18(22)15-10-9-14(23-3)11-16(15)19/h4-12H,1-3H3. The number of methoxy groups -OCH3 is 1.